The van der Waals surface area contributed by atoms with Crippen LogP contribution < -0.4 is 0 Å². The van der Waals surface area contributed by atoms with E-state index in [9.17, 15) is 9.59 Å². The first kappa shape index (κ1) is 17.8. The standard InChI is InChI=1S/C14H18ClN5O2S2/c1-14(2,3)10(21)9-7(6-24-13-16-17-18-19(13)4)5-23-12-8(15)11(22)20(9)12/h8,12H,5-6H2,1-4H3/t8-,12+/m0/s1. The summed E-state index contributed by atoms with van der Waals surface area (Å²) < 4.78 is 1.58. The van der Waals surface area contributed by atoms with Crippen LogP contribution in [0.1, 0.15) is 20.8 Å². The Bertz CT molecular complexity index is 727. The van der Waals surface area contributed by atoms with Crippen LogP contribution in [0.15, 0.2) is 16.4 Å². The first-order chi connectivity index (χ1) is 11.2. The molecule has 0 saturated carbocycles. The lowest BCUT2D eigenvalue weighted by molar-refractivity contribution is -0.141. The molecule has 1 aromatic heterocycles. The number of halogens is 1. The van der Waals surface area contributed by atoms with E-state index in [0.717, 1.165) is 5.57 Å². The number of Topliss-reactive ketones (excluding diaryl/α,β-unsaturated/α-hetero) is 1. The van der Waals surface area contributed by atoms with Crippen molar-refractivity contribution in [2.75, 3.05) is 11.5 Å². The van der Waals surface area contributed by atoms with E-state index in [2.05, 4.69) is 15.5 Å². The van der Waals surface area contributed by atoms with Crippen LogP contribution in [-0.4, -0.2) is 59.1 Å². The number of thioether (sulfide) groups is 2. The van der Waals surface area contributed by atoms with Gasteiger partial charge in [-0.2, -0.15) is 0 Å². The van der Waals surface area contributed by atoms with Crippen molar-refractivity contribution in [3.05, 3.63) is 11.3 Å². The molecule has 0 radical (unpaired) electrons. The number of ketones is 1. The highest BCUT2D eigenvalue weighted by Gasteiger charge is 2.53. The Morgan fingerprint density at radius 2 is 2.17 bits per heavy atom. The van der Waals surface area contributed by atoms with Crippen LogP contribution >= 0.6 is 35.1 Å². The van der Waals surface area contributed by atoms with Crippen molar-refractivity contribution in [2.45, 2.75) is 36.7 Å². The molecule has 3 heterocycles. The molecule has 1 amide bonds. The highest BCUT2D eigenvalue weighted by Crippen LogP contribution is 2.45. The molecule has 0 bridgehead atoms. The molecule has 0 N–H and O–H groups in total. The van der Waals surface area contributed by atoms with Crippen LogP contribution in [0, 0.1) is 5.41 Å². The molecular formula is C14H18ClN5O2S2. The number of fused-ring (bicyclic) bond motifs is 1. The molecule has 0 spiro atoms. The summed E-state index contributed by atoms with van der Waals surface area (Å²) in [4.78, 5) is 26.7. The zero-order valence-corrected chi connectivity index (χ0v) is 16.2. The van der Waals surface area contributed by atoms with Crippen molar-refractivity contribution in [3.8, 4) is 0 Å². The number of amides is 1. The predicted molar refractivity (Wildman–Crippen MR) is 93.7 cm³/mol. The van der Waals surface area contributed by atoms with Crippen molar-refractivity contribution in [3.63, 3.8) is 0 Å². The molecule has 0 aromatic carbocycles. The second kappa shape index (κ2) is 6.34. The highest BCUT2D eigenvalue weighted by molar-refractivity contribution is 8.01. The Balaban J connectivity index is 1.91. The molecule has 10 heteroatoms. The Labute approximate surface area is 153 Å². The third kappa shape index (κ3) is 2.97. The lowest BCUT2D eigenvalue weighted by Crippen LogP contribution is -2.63. The predicted octanol–water partition coefficient (Wildman–Crippen LogP) is 1.69. The van der Waals surface area contributed by atoms with E-state index in [1.807, 2.05) is 20.8 Å². The lowest BCUT2D eigenvalue weighted by Gasteiger charge is -2.48. The summed E-state index contributed by atoms with van der Waals surface area (Å²) in [5, 5.41) is 11.3. The third-order valence-electron chi connectivity index (χ3n) is 3.84. The molecule has 7 nitrogen and oxygen atoms in total. The van der Waals surface area contributed by atoms with Gasteiger partial charge in [0, 0.05) is 24.0 Å². The van der Waals surface area contributed by atoms with E-state index in [1.54, 1.807) is 28.4 Å². The molecule has 2 atom stereocenters. The number of allylic oxidation sites excluding steroid dienone is 1. The van der Waals surface area contributed by atoms with Crippen molar-refractivity contribution in [2.24, 2.45) is 12.5 Å². The third-order valence-corrected chi connectivity index (χ3v) is 6.85. The van der Waals surface area contributed by atoms with Crippen LogP contribution in [-0.2, 0) is 16.6 Å². The topological polar surface area (TPSA) is 81.0 Å². The second-order valence-corrected chi connectivity index (χ2v) is 9.23. The molecule has 2 aliphatic heterocycles. The number of carbonyl (C=O) groups excluding carboxylic acids is 2. The second-order valence-electron chi connectivity index (χ2n) is 6.72. The van der Waals surface area contributed by atoms with Gasteiger partial charge in [0.15, 0.2) is 5.78 Å². The van der Waals surface area contributed by atoms with Crippen LogP contribution in [0.4, 0.5) is 0 Å². The molecule has 1 aromatic rings. The minimum Gasteiger partial charge on any atom is -0.293 e. The minimum absolute atomic E-state index is 0.0311. The zero-order chi connectivity index (χ0) is 17.6. The molecule has 2 aliphatic rings. The summed E-state index contributed by atoms with van der Waals surface area (Å²) in [6, 6.07) is 0. The minimum atomic E-state index is -0.568. The first-order valence-corrected chi connectivity index (χ1v) is 9.89. The molecule has 0 unspecified atom stereocenters. The molecule has 0 aliphatic carbocycles. The number of hydrogen-bond donors (Lipinski definition) is 0. The average Bonchev–Trinajstić information content (AvgIpc) is 2.94. The van der Waals surface area contributed by atoms with Crippen LogP contribution in [0.25, 0.3) is 0 Å². The number of hydrogen-bond acceptors (Lipinski definition) is 7. The summed E-state index contributed by atoms with van der Waals surface area (Å²) in [6.07, 6.45) is 0. The van der Waals surface area contributed by atoms with Gasteiger partial charge < -0.3 is 0 Å². The van der Waals surface area contributed by atoms with E-state index in [-0.39, 0.29) is 17.1 Å². The average molecular weight is 388 g/mol. The van der Waals surface area contributed by atoms with Gasteiger partial charge in [-0.3, -0.25) is 14.5 Å². The number of carbonyl (C=O) groups is 2. The van der Waals surface area contributed by atoms with E-state index in [1.165, 1.54) is 11.8 Å². The van der Waals surface area contributed by atoms with Gasteiger partial charge in [0.2, 0.25) is 11.1 Å². The number of aryl methyl sites for hydroxylation is 1. The maximum atomic E-state index is 12.9. The van der Waals surface area contributed by atoms with Gasteiger partial charge in [0.1, 0.15) is 10.8 Å². The van der Waals surface area contributed by atoms with Gasteiger partial charge in [-0.15, -0.1) is 28.5 Å². The molecular weight excluding hydrogens is 370 g/mol. The Hall–Kier alpha value is -1.06. The van der Waals surface area contributed by atoms with Crippen molar-refractivity contribution < 1.29 is 9.59 Å². The number of alkyl halides is 1. The smallest absolute Gasteiger partial charge is 0.249 e. The zero-order valence-electron chi connectivity index (χ0n) is 13.8. The van der Waals surface area contributed by atoms with Gasteiger partial charge in [-0.25, -0.2) is 4.68 Å². The van der Waals surface area contributed by atoms with Crippen LogP contribution in [0.5, 0.6) is 0 Å². The van der Waals surface area contributed by atoms with Crippen LogP contribution in [0.3, 0.4) is 0 Å². The fourth-order valence-corrected chi connectivity index (χ4v) is 5.16. The SMILES string of the molecule is Cn1nnnc1SCC1=C(C(=O)C(C)(C)C)N2C(=O)[C@H](Cl)[C@H]2SC1. The molecule has 1 saturated heterocycles. The summed E-state index contributed by atoms with van der Waals surface area (Å²) in [7, 11) is 1.76. The summed E-state index contributed by atoms with van der Waals surface area (Å²) in [5.41, 5.74) is 0.874. The van der Waals surface area contributed by atoms with Crippen molar-refractivity contribution in [1.29, 1.82) is 0 Å². The Morgan fingerprint density at radius 1 is 1.46 bits per heavy atom. The normalized spacial score (nSPS) is 24.0. The molecule has 1 fully saturated rings. The maximum absolute atomic E-state index is 12.9. The number of aromatic nitrogens is 4. The van der Waals surface area contributed by atoms with Crippen molar-refractivity contribution in [1.82, 2.24) is 25.1 Å². The van der Waals surface area contributed by atoms with E-state index in [0.29, 0.717) is 22.4 Å². The van der Waals surface area contributed by atoms with E-state index >= 15 is 0 Å². The highest BCUT2D eigenvalue weighted by atomic mass is 35.5. The first-order valence-electron chi connectivity index (χ1n) is 7.42. The monoisotopic (exact) mass is 387 g/mol. The number of nitrogens with zero attached hydrogens (tertiary/aromatic N) is 5. The van der Waals surface area contributed by atoms with Gasteiger partial charge in [-0.05, 0) is 16.0 Å². The summed E-state index contributed by atoms with van der Waals surface area (Å²) >= 11 is 9.15. The fourth-order valence-electron chi connectivity index (χ4n) is 2.48. The quantitative estimate of drug-likeness (QED) is 0.441. The van der Waals surface area contributed by atoms with Crippen LogP contribution in [0.2, 0.25) is 0 Å². The maximum Gasteiger partial charge on any atom is 0.249 e. The lowest BCUT2D eigenvalue weighted by atomic mass is 9.86. The van der Waals surface area contributed by atoms with Crippen molar-refractivity contribution >= 4 is 46.8 Å². The van der Waals surface area contributed by atoms with E-state index < -0.39 is 10.8 Å². The number of rotatable bonds is 4. The van der Waals surface area contributed by atoms with Gasteiger partial charge in [-0.1, -0.05) is 32.5 Å². The van der Waals surface area contributed by atoms with Gasteiger partial charge in [0.05, 0.1) is 5.70 Å². The van der Waals surface area contributed by atoms with Gasteiger partial charge in [0.25, 0.3) is 0 Å². The fraction of sp³-hybridized carbons (Fsp3) is 0.643. The molecule has 130 valence electrons. The summed E-state index contributed by atoms with van der Waals surface area (Å²) in [6.45, 7) is 5.58. The number of tetrazole rings is 1. The summed E-state index contributed by atoms with van der Waals surface area (Å²) in [5.74, 6) is 1.01. The van der Waals surface area contributed by atoms with E-state index in [4.69, 9.17) is 11.6 Å². The largest absolute Gasteiger partial charge is 0.293 e. The molecule has 3 rings (SSSR count). The van der Waals surface area contributed by atoms with Gasteiger partial charge >= 0.3 is 0 Å². The number of β-lactam (4-membered cyclic amide) rings is 1. The Morgan fingerprint density at radius 3 is 2.75 bits per heavy atom. The Kier molecular flexibility index (Phi) is 4.69. The molecule has 24 heavy (non-hydrogen) atoms.